The molecule has 2 aromatic rings. The Hall–Kier alpha value is -2.26. The Kier molecular flexibility index (Phi) is 7.48. The van der Waals surface area contributed by atoms with Gasteiger partial charge in [0.25, 0.3) is 5.91 Å². The molecular weight excluding hydrogens is 572 g/mol. The molecule has 2 aromatic carbocycles. The minimum Gasteiger partial charge on any atom is -0.490 e. The van der Waals surface area contributed by atoms with E-state index in [0.29, 0.717) is 30.6 Å². The van der Waals surface area contributed by atoms with Gasteiger partial charge in [-0.1, -0.05) is 17.7 Å². The molecule has 4 bridgehead atoms. The van der Waals surface area contributed by atoms with Gasteiger partial charge in [-0.25, -0.2) is 4.21 Å². The summed E-state index contributed by atoms with van der Waals surface area (Å²) in [5, 5.41) is 0.771. The average Bonchev–Trinajstić information content (AvgIpc) is 3.07. The van der Waals surface area contributed by atoms with Gasteiger partial charge in [-0.05, 0) is 105 Å². The third kappa shape index (κ3) is 5.44. The maximum atomic E-state index is 13.4. The van der Waals surface area contributed by atoms with E-state index in [1.54, 1.807) is 6.07 Å². The number of aryl methyl sites for hydroxylation is 1. The lowest BCUT2D eigenvalue weighted by Crippen LogP contribution is -2.51. The molecule has 1 saturated carbocycles. The van der Waals surface area contributed by atoms with Crippen molar-refractivity contribution in [2.75, 3.05) is 37.0 Å². The summed E-state index contributed by atoms with van der Waals surface area (Å²) in [6.45, 7) is 4.82. The average molecular weight is 613 g/mol. The number of carbonyl (C=O) groups is 1. The summed E-state index contributed by atoms with van der Waals surface area (Å²) in [5.41, 5.74) is 3.82. The summed E-state index contributed by atoms with van der Waals surface area (Å²) in [5.74, 6) is 5.39. The largest absolute Gasteiger partial charge is 0.490 e. The molecule has 226 valence electrons. The number of amides is 1. The number of ether oxygens (including phenoxy) is 3. The van der Waals surface area contributed by atoms with Gasteiger partial charge in [-0.2, -0.15) is 0 Å². The molecule has 42 heavy (non-hydrogen) atoms. The highest BCUT2D eigenvalue weighted by Crippen LogP contribution is 2.47. The second-order valence-electron chi connectivity index (χ2n) is 13.2. The van der Waals surface area contributed by atoms with E-state index in [2.05, 4.69) is 27.6 Å². The highest BCUT2D eigenvalue weighted by Gasteiger charge is 2.45. The van der Waals surface area contributed by atoms with Crippen LogP contribution in [0.5, 0.6) is 5.75 Å². The molecule has 2 aliphatic carbocycles. The molecule has 1 N–H and O–H groups in total. The van der Waals surface area contributed by atoms with E-state index in [-0.39, 0.29) is 35.4 Å². The Bertz CT molecular complexity index is 1480. The molecule has 1 amide bonds. The summed E-state index contributed by atoms with van der Waals surface area (Å²) < 4.78 is 35.5. The van der Waals surface area contributed by atoms with Crippen molar-refractivity contribution in [1.29, 1.82) is 0 Å². The number of benzene rings is 2. The lowest BCUT2D eigenvalue weighted by atomic mass is 9.67. The number of carbonyl (C=O) groups excluding carboxylic acids is 1. The number of rotatable bonds is 0. The molecule has 1 unspecified atom stereocenters. The standard InChI is InChI=1S/C33H41ClN2O5S/c1-21-18-42(2,38)35-32(37)23-6-10-30-29(15-23)36(17-24-5-8-27(24)31-16-26(41-21)11-13-39-31)19-33(20-40-30)12-3-4-22-14-25(34)7-9-28(22)33/h6-7,9-10,14-15,21,24,26-27,31H,2-5,8,11-13,16-20H2,1H3,(H,35,37,38)/t21-,24+,26+,27-,31-,33+,42?/m1/s1. The minimum absolute atomic E-state index is 0.0542. The molecule has 3 heterocycles. The second-order valence-corrected chi connectivity index (χ2v) is 15.8. The molecule has 7 nitrogen and oxygen atoms in total. The zero-order valence-corrected chi connectivity index (χ0v) is 25.9. The summed E-state index contributed by atoms with van der Waals surface area (Å²) >= 11 is 6.42. The van der Waals surface area contributed by atoms with Crippen LogP contribution in [0, 0.1) is 11.8 Å². The molecule has 0 aromatic heterocycles. The summed E-state index contributed by atoms with van der Waals surface area (Å²) in [4.78, 5) is 15.9. The zero-order valence-electron chi connectivity index (χ0n) is 24.3. The monoisotopic (exact) mass is 612 g/mol. The maximum Gasteiger partial charge on any atom is 0.262 e. The number of nitrogens with one attached hydrogen (secondary N) is 1. The Morgan fingerprint density at radius 3 is 2.88 bits per heavy atom. The summed E-state index contributed by atoms with van der Waals surface area (Å²) in [6, 6.07) is 11.9. The second kappa shape index (κ2) is 11.0. The fourth-order valence-electron chi connectivity index (χ4n) is 8.08. The fourth-order valence-corrected chi connectivity index (χ4v) is 9.65. The Labute approximate surface area is 254 Å². The van der Waals surface area contributed by atoms with E-state index < -0.39 is 9.71 Å². The number of fused-ring (bicyclic) bond motifs is 7. The first kappa shape index (κ1) is 28.5. The van der Waals surface area contributed by atoms with E-state index >= 15 is 0 Å². The minimum atomic E-state index is -2.91. The van der Waals surface area contributed by atoms with E-state index in [1.165, 1.54) is 11.1 Å². The summed E-state index contributed by atoms with van der Waals surface area (Å²) in [7, 11) is -2.91. The quantitative estimate of drug-likeness (QED) is 0.414. The first-order valence-corrected chi connectivity index (χ1v) is 17.7. The Morgan fingerprint density at radius 1 is 1.17 bits per heavy atom. The van der Waals surface area contributed by atoms with Gasteiger partial charge in [0.2, 0.25) is 0 Å². The molecule has 0 radical (unpaired) electrons. The molecule has 7 atom stereocenters. The number of anilines is 1. The Morgan fingerprint density at radius 2 is 2.05 bits per heavy atom. The van der Waals surface area contributed by atoms with Crippen LogP contribution in [0.25, 0.3) is 0 Å². The van der Waals surface area contributed by atoms with Gasteiger partial charge in [0, 0.05) is 42.1 Å². The molecule has 2 fully saturated rings. The number of hydrogen-bond acceptors (Lipinski definition) is 6. The van der Waals surface area contributed by atoms with Crippen LogP contribution in [0.4, 0.5) is 5.69 Å². The fraction of sp³-hybridized carbons (Fsp3) is 0.576. The van der Waals surface area contributed by atoms with E-state index in [9.17, 15) is 9.00 Å². The highest BCUT2D eigenvalue weighted by atomic mass is 35.5. The van der Waals surface area contributed by atoms with Gasteiger partial charge < -0.3 is 19.1 Å². The predicted octanol–water partition coefficient (Wildman–Crippen LogP) is 5.17. The first-order valence-electron chi connectivity index (χ1n) is 15.4. The van der Waals surface area contributed by atoms with Gasteiger partial charge in [0.05, 0.1) is 46.1 Å². The van der Waals surface area contributed by atoms with E-state index in [0.717, 1.165) is 74.5 Å². The van der Waals surface area contributed by atoms with Crippen molar-refractivity contribution in [3.8, 4) is 5.75 Å². The molecule has 9 heteroatoms. The lowest BCUT2D eigenvalue weighted by Gasteiger charge is -2.48. The van der Waals surface area contributed by atoms with Crippen LogP contribution in [0.2, 0.25) is 5.02 Å². The van der Waals surface area contributed by atoms with Gasteiger partial charge in [-0.3, -0.25) is 9.52 Å². The smallest absolute Gasteiger partial charge is 0.262 e. The van der Waals surface area contributed by atoms with Gasteiger partial charge in [0.1, 0.15) is 5.75 Å². The first-order chi connectivity index (χ1) is 20.2. The SMILES string of the molecule is C=S1(=O)C[C@@H](C)O[C@H]2CCO[C@H](C2)[C@@H]2CC[C@H]2CN2C[C@@]3(CCCc4cc(Cl)ccc43)COc3ccc(cc32)C(=O)N1. The highest BCUT2D eigenvalue weighted by molar-refractivity contribution is 7.99. The summed E-state index contributed by atoms with van der Waals surface area (Å²) in [6.07, 6.45) is 7.03. The van der Waals surface area contributed by atoms with Crippen LogP contribution in [0.15, 0.2) is 36.4 Å². The normalized spacial score (nSPS) is 36.5. The maximum absolute atomic E-state index is 13.4. The van der Waals surface area contributed by atoms with Gasteiger partial charge in [0.15, 0.2) is 0 Å². The molecule has 1 saturated heterocycles. The molecular formula is C33H41ClN2O5S. The molecule has 3 aliphatic heterocycles. The van der Waals surface area contributed by atoms with Crippen LogP contribution in [-0.2, 0) is 31.0 Å². The number of nitrogens with zero attached hydrogens (tertiary/aromatic N) is 1. The van der Waals surface area contributed by atoms with Crippen LogP contribution in [-0.4, -0.2) is 66.4 Å². The van der Waals surface area contributed by atoms with Crippen molar-refractivity contribution in [3.63, 3.8) is 0 Å². The number of halogens is 1. The topological polar surface area (TPSA) is 77.1 Å². The van der Waals surface area contributed by atoms with E-state index in [4.69, 9.17) is 25.8 Å². The van der Waals surface area contributed by atoms with Crippen molar-refractivity contribution in [2.45, 2.75) is 75.6 Å². The Balaban J connectivity index is 1.29. The van der Waals surface area contributed by atoms with Crippen molar-refractivity contribution in [1.82, 2.24) is 4.72 Å². The van der Waals surface area contributed by atoms with E-state index in [1.807, 2.05) is 25.1 Å². The zero-order chi connectivity index (χ0) is 29.1. The van der Waals surface area contributed by atoms with Crippen LogP contribution in [0.1, 0.15) is 66.9 Å². The van der Waals surface area contributed by atoms with Crippen molar-refractivity contribution in [3.05, 3.63) is 58.1 Å². The van der Waals surface area contributed by atoms with Gasteiger partial charge in [-0.15, -0.1) is 0 Å². The number of hydrogen-bond donors (Lipinski definition) is 1. The van der Waals surface area contributed by atoms with Crippen LogP contribution in [0.3, 0.4) is 0 Å². The van der Waals surface area contributed by atoms with Gasteiger partial charge >= 0.3 is 0 Å². The molecule has 5 aliphatic rings. The predicted molar refractivity (Wildman–Crippen MR) is 167 cm³/mol. The van der Waals surface area contributed by atoms with Crippen LogP contribution >= 0.6 is 11.6 Å². The third-order valence-electron chi connectivity index (χ3n) is 10.2. The van der Waals surface area contributed by atoms with Crippen molar-refractivity contribution < 1.29 is 23.2 Å². The van der Waals surface area contributed by atoms with Crippen molar-refractivity contribution in [2.24, 2.45) is 11.8 Å². The molecule has 1 spiro atoms. The molecule has 7 rings (SSSR count). The van der Waals surface area contributed by atoms with Crippen molar-refractivity contribution >= 4 is 38.8 Å². The lowest BCUT2D eigenvalue weighted by molar-refractivity contribution is -0.126. The van der Waals surface area contributed by atoms with Crippen LogP contribution < -0.4 is 14.4 Å². The third-order valence-corrected chi connectivity index (χ3v) is 12.0.